The number of rotatable bonds is 1. The first-order chi connectivity index (χ1) is 9.65. The molecule has 4 heteroatoms. The highest BCUT2D eigenvalue weighted by Crippen LogP contribution is 2.30. The number of amides is 1. The molecule has 2 aliphatic heterocycles. The number of nitrogens with zero attached hydrogens (tertiary/aromatic N) is 1. The van der Waals surface area contributed by atoms with Crippen LogP contribution in [-0.4, -0.2) is 40.9 Å². The average Bonchev–Trinajstić information content (AvgIpc) is 2.45. The first-order valence-electron chi connectivity index (χ1n) is 7.38. The summed E-state index contributed by atoms with van der Waals surface area (Å²) < 4.78 is 0. The maximum atomic E-state index is 12.9. The summed E-state index contributed by atoms with van der Waals surface area (Å²) in [5, 5.41) is 4.45. The molecule has 3 unspecified atom stereocenters. The van der Waals surface area contributed by atoms with Crippen molar-refractivity contribution in [1.82, 2.24) is 10.2 Å². The topological polar surface area (TPSA) is 32.3 Å². The lowest BCUT2D eigenvalue weighted by Crippen LogP contribution is -2.48. The second-order valence-electron chi connectivity index (χ2n) is 5.88. The molecule has 3 nitrogen and oxygen atoms in total. The SMILES string of the molecule is CC1CN(C(=O)C2CNCc3ccccc32)CC(C)S1. The zero-order valence-corrected chi connectivity index (χ0v) is 13.0. The maximum Gasteiger partial charge on any atom is 0.231 e. The van der Waals surface area contributed by atoms with Crippen molar-refractivity contribution in [3.8, 4) is 0 Å². The lowest BCUT2D eigenvalue weighted by atomic mass is 9.89. The molecule has 0 radical (unpaired) electrons. The van der Waals surface area contributed by atoms with Gasteiger partial charge in [-0.15, -0.1) is 0 Å². The number of fused-ring (bicyclic) bond motifs is 1. The van der Waals surface area contributed by atoms with Gasteiger partial charge in [0, 0.05) is 36.7 Å². The van der Waals surface area contributed by atoms with E-state index in [2.05, 4.69) is 42.3 Å². The average molecular weight is 290 g/mol. The molecule has 1 saturated heterocycles. The monoisotopic (exact) mass is 290 g/mol. The van der Waals surface area contributed by atoms with E-state index in [-0.39, 0.29) is 5.92 Å². The van der Waals surface area contributed by atoms with E-state index >= 15 is 0 Å². The largest absolute Gasteiger partial charge is 0.340 e. The highest BCUT2D eigenvalue weighted by molar-refractivity contribution is 8.00. The molecule has 20 heavy (non-hydrogen) atoms. The van der Waals surface area contributed by atoms with Gasteiger partial charge in [0.05, 0.1) is 5.92 Å². The van der Waals surface area contributed by atoms with Crippen LogP contribution in [0.15, 0.2) is 24.3 Å². The molecule has 0 aromatic heterocycles. The Morgan fingerprint density at radius 1 is 1.25 bits per heavy atom. The van der Waals surface area contributed by atoms with Crippen LogP contribution in [0.4, 0.5) is 0 Å². The molecule has 1 aromatic carbocycles. The molecule has 2 heterocycles. The highest BCUT2D eigenvalue weighted by Gasteiger charge is 2.33. The Balaban J connectivity index is 1.81. The molecule has 3 rings (SSSR count). The van der Waals surface area contributed by atoms with Crippen molar-refractivity contribution in [1.29, 1.82) is 0 Å². The third-order valence-electron chi connectivity index (χ3n) is 4.12. The van der Waals surface area contributed by atoms with Gasteiger partial charge in [0.25, 0.3) is 0 Å². The zero-order valence-electron chi connectivity index (χ0n) is 12.1. The highest BCUT2D eigenvalue weighted by atomic mass is 32.2. The van der Waals surface area contributed by atoms with E-state index in [0.717, 1.165) is 26.2 Å². The Bertz CT molecular complexity index is 495. The summed E-state index contributed by atoms with van der Waals surface area (Å²) in [6, 6.07) is 8.33. The Hall–Kier alpha value is -1.00. The number of carbonyl (C=O) groups is 1. The van der Waals surface area contributed by atoms with E-state index in [4.69, 9.17) is 0 Å². The molecule has 3 atom stereocenters. The van der Waals surface area contributed by atoms with E-state index in [9.17, 15) is 4.79 Å². The third-order valence-corrected chi connectivity index (χ3v) is 5.35. The zero-order chi connectivity index (χ0) is 14.1. The fourth-order valence-corrected chi connectivity index (χ4v) is 4.62. The Morgan fingerprint density at radius 3 is 2.70 bits per heavy atom. The van der Waals surface area contributed by atoms with Crippen LogP contribution < -0.4 is 5.32 Å². The summed E-state index contributed by atoms with van der Waals surface area (Å²) in [7, 11) is 0. The van der Waals surface area contributed by atoms with Crippen LogP contribution in [0.5, 0.6) is 0 Å². The number of carbonyl (C=O) groups excluding carboxylic acids is 1. The van der Waals surface area contributed by atoms with Crippen molar-refractivity contribution in [2.24, 2.45) is 0 Å². The lowest BCUT2D eigenvalue weighted by Gasteiger charge is -2.38. The lowest BCUT2D eigenvalue weighted by molar-refractivity contribution is -0.133. The van der Waals surface area contributed by atoms with Gasteiger partial charge in [-0.1, -0.05) is 38.1 Å². The number of thioether (sulfide) groups is 1. The summed E-state index contributed by atoms with van der Waals surface area (Å²) in [5.74, 6) is 0.283. The Kier molecular flexibility index (Phi) is 4.03. The van der Waals surface area contributed by atoms with Crippen LogP contribution in [0.2, 0.25) is 0 Å². The number of hydrogen-bond donors (Lipinski definition) is 1. The predicted octanol–water partition coefficient (Wildman–Crippen LogP) is 2.23. The molecule has 1 fully saturated rings. The minimum atomic E-state index is -0.0116. The fraction of sp³-hybridized carbons (Fsp3) is 0.562. The van der Waals surface area contributed by atoms with Crippen LogP contribution in [0, 0.1) is 0 Å². The smallest absolute Gasteiger partial charge is 0.231 e. The van der Waals surface area contributed by atoms with Gasteiger partial charge in [-0.25, -0.2) is 0 Å². The van der Waals surface area contributed by atoms with E-state index in [1.54, 1.807) is 0 Å². The summed E-state index contributed by atoms with van der Waals surface area (Å²) in [4.78, 5) is 15.0. The molecule has 0 bridgehead atoms. The van der Waals surface area contributed by atoms with Gasteiger partial charge in [-0.05, 0) is 11.1 Å². The molecule has 2 aliphatic rings. The van der Waals surface area contributed by atoms with Crippen molar-refractivity contribution in [2.75, 3.05) is 19.6 Å². The fourth-order valence-electron chi connectivity index (χ4n) is 3.29. The van der Waals surface area contributed by atoms with Crippen molar-refractivity contribution < 1.29 is 4.79 Å². The normalized spacial score (nSPS) is 29.9. The number of hydrogen-bond acceptors (Lipinski definition) is 3. The van der Waals surface area contributed by atoms with Gasteiger partial charge in [0.1, 0.15) is 0 Å². The van der Waals surface area contributed by atoms with Gasteiger partial charge >= 0.3 is 0 Å². The van der Waals surface area contributed by atoms with Gasteiger partial charge in [-0.3, -0.25) is 4.79 Å². The second kappa shape index (κ2) is 5.78. The molecule has 0 saturated carbocycles. The molecule has 0 aliphatic carbocycles. The van der Waals surface area contributed by atoms with Crippen LogP contribution >= 0.6 is 11.8 Å². The molecule has 1 aromatic rings. The minimum Gasteiger partial charge on any atom is -0.340 e. The Labute approximate surface area is 125 Å². The maximum absolute atomic E-state index is 12.9. The number of benzene rings is 1. The molecule has 1 N–H and O–H groups in total. The first kappa shape index (κ1) is 14.0. The van der Waals surface area contributed by atoms with Gasteiger partial charge in [-0.2, -0.15) is 11.8 Å². The van der Waals surface area contributed by atoms with Crippen LogP contribution in [-0.2, 0) is 11.3 Å². The van der Waals surface area contributed by atoms with Crippen molar-refractivity contribution in [2.45, 2.75) is 36.8 Å². The van der Waals surface area contributed by atoms with Crippen molar-refractivity contribution >= 4 is 17.7 Å². The molecule has 108 valence electrons. The van der Waals surface area contributed by atoms with Gasteiger partial charge in [0.15, 0.2) is 0 Å². The summed E-state index contributed by atoms with van der Waals surface area (Å²) in [5.41, 5.74) is 2.49. The van der Waals surface area contributed by atoms with Crippen molar-refractivity contribution in [3.63, 3.8) is 0 Å². The van der Waals surface area contributed by atoms with Crippen LogP contribution in [0.25, 0.3) is 0 Å². The van der Waals surface area contributed by atoms with E-state index < -0.39 is 0 Å². The summed E-state index contributed by atoms with van der Waals surface area (Å²) in [6.07, 6.45) is 0. The summed E-state index contributed by atoms with van der Waals surface area (Å²) in [6.45, 7) is 7.84. The van der Waals surface area contributed by atoms with Gasteiger partial charge < -0.3 is 10.2 Å². The predicted molar refractivity (Wildman–Crippen MR) is 84.0 cm³/mol. The molecule has 1 amide bonds. The quantitative estimate of drug-likeness (QED) is 0.861. The Morgan fingerprint density at radius 2 is 1.95 bits per heavy atom. The van der Waals surface area contributed by atoms with Gasteiger partial charge in [0.2, 0.25) is 5.91 Å². The second-order valence-corrected chi connectivity index (χ2v) is 7.76. The third kappa shape index (κ3) is 2.72. The van der Waals surface area contributed by atoms with Crippen LogP contribution in [0.3, 0.4) is 0 Å². The standard InChI is InChI=1S/C16H22N2OS/c1-11-9-18(10-12(2)20-11)16(19)15-8-17-7-13-5-3-4-6-14(13)15/h3-6,11-12,15,17H,7-10H2,1-2H3. The van der Waals surface area contributed by atoms with E-state index in [1.807, 2.05) is 17.8 Å². The first-order valence-corrected chi connectivity index (χ1v) is 8.32. The van der Waals surface area contributed by atoms with Crippen LogP contribution in [0.1, 0.15) is 30.9 Å². The summed E-state index contributed by atoms with van der Waals surface area (Å²) >= 11 is 1.99. The molecular formula is C16H22N2OS. The van der Waals surface area contributed by atoms with E-state index in [0.29, 0.717) is 16.4 Å². The minimum absolute atomic E-state index is 0.0116. The van der Waals surface area contributed by atoms with Crippen molar-refractivity contribution in [3.05, 3.63) is 35.4 Å². The number of nitrogens with one attached hydrogen (secondary N) is 1. The molecular weight excluding hydrogens is 268 g/mol. The molecule has 0 spiro atoms. The van der Waals surface area contributed by atoms with E-state index in [1.165, 1.54) is 11.1 Å².